The van der Waals surface area contributed by atoms with Gasteiger partial charge in [-0.25, -0.2) is 0 Å². The van der Waals surface area contributed by atoms with Gasteiger partial charge in [-0.05, 0) is 127 Å². The Labute approximate surface area is 409 Å². The van der Waals surface area contributed by atoms with Gasteiger partial charge in [0.1, 0.15) is 17.3 Å². The number of fused-ring (bicyclic) bond motifs is 7. The van der Waals surface area contributed by atoms with Gasteiger partial charge >= 0.3 is 18.1 Å². The third-order valence-corrected chi connectivity index (χ3v) is 20.6. The van der Waals surface area contributed by atoms with Crippen molar-refractivity contribution in [3.05, 3.63) is 28.6 Å². The van der Waals surface area contributed by atoms with Gasteiger partial charge in [0.15, 0.2) is 11.5 Å². The zero-order chi connectivity index (χ0) is 50.9. The predicted octanol–water partition coefficient (Wildman–Crippen LogP) is 8.03. The van der Waals surface area contributed by atoms with E-state index < -0.39 is 69.6 Å². The van der Waals surface area contributed by atoms with E-state index in [1.165, 1.54) is 0 Å². The molecule has 9 rings (SSSR count). The molecular weight excluding hydrogens is 908 g/mol. The van der Waals surface area contributed by atoms with E-state index in [1.54, 1.807) is 0 Å². The van der Waals surface area contributed by atoms with E-state index in [0.717, 1.165) is 56.1 Å². The van der Waals surface area contributed by atoms with Crippen LogP contribution in [0.25, 0.3) is 0 Å². The Balaban J connectivity index is 0.936. The van der Waals surface area contributed by atoms with Crippen LogP contribution in [0.2, 0.25) is 0 Å². The highest BCUT2D eigenvalue weighted by Gasteiger charge is 2.71. The highest BCUT2D eigenvalue weighted by molar-refractivity contribution is 6.05. The van der Waals surface area contributed by atoms with Crippen molar-refractivity contribution in [3.63, 3.8) is 0 Å². The number of aliphatic carboxylic acids is 1. The minimum Gasteiger partial charge on any atom is -0.481 e. The van der Waals surface area contributed by atoms with Crippen LogP contribution in [-0.4, -0.2) is 105 Å². The van der Waals surface area contributed by atoms with Crippen LogP contribution in [0.15, 0.2) is 17.2 Å². The van der Waals surface area contributed by atoms with Crippen LogP contribution in [0.3, 0.4) is 0 Å². The number of morpholine rings is 1. The minimum atomic E-state index is -4.93. The molecule has 10 atom stereocenters. The van der Waals surface area contributed by atoms with Crippen molar-refractivity contribution in [2.75, 3.05) is 32.8 Å². The number of hydrogen-bond donors (Lipinski definition) is 3. The first-order valence-corrected chi connectivity index (χ1v) is 25.9. The first kappa shape index (κ1) is 50.8. The number of rotatable bonds is 11. The molecule has 14 nitrogen and oxygen atoms in total. The summed E-state index contributed by atoms with van der Waals surface area (Å²) in [7, 11) is 0. The second kappa shape index (κ2) is 17.0. The molecule has 1 aromatic heterocycles. The maximum atomic E-state index is 14.8. The number of hydrogen-bond acceptors (Lipinski definition) is 10. The molecule has 0 radical (unpaired) electrons. The molecule has 1 aromatic rings. The highest BCUT2D eigenvalue weighted by Crippen LogP contribution is 2.76. The Morgan fingerprint density at radius 2 is 1.54 bits per heavy atom. The molecule has 2 heterocycles. The summed E-state index contributed by atoms with van der Waals surface area (Å²) in [5, 5.41) is 19.3. The molecule has 3 N–H and O–H groups in total. The number of carboxylic acids is 1. The van der Waals surface area contributed by atoms with Crippen LogP contribution in [-0.2, 0) is 34.8 Å². The van der Waals surface area contributed by atoms with Crippen LogP contribution in [0.4, 0.5) is 13.2 Å². The number of carbonyl (C=O) groups is 6. The molecule has 1 saturated heterocycles. The normalized spacial score (nSPS) is 37.2. The van der Waals surface area contributed by atoms with Crippen LogP contribution >= 0.6 is 0 Å². The maximum Gasteiger partial charge on any atom is 0.435 e. The first-order chi connectivity index (χ1) is 32.6. The third kappa shape index (κ3) is 7.81. The van der Waals surface area contributed by atoms with Crippen LogP contribution in [0.1, 0.15) is 167 Å². The number of aromatic nitrogens is 2. The fraction of sp³-hybridized carbons (Fsp3) is 0.792. The van der Waals surface area contributed by atoms with Crippen molar-refractivity contribution in [3.8, 4) is 0 Å². The summed E-state index contributed by atoms with van der Waals surface area (Å²) in [5.74, 6) is -3.99. The number of alkyl halides is 3. The van der Waals surface area contributed by atoms with Gasteiger partial charge in [0.25, 0.3) is 5.91 Å². The van der Waals surface area contributed by atoms with Crippen molar-refractivity contribution in [1.29, 1.82) is 0 Å². The molecular formula is C53H74F3N5O9. The first-order valence-electron chi connectivity index (χ1n) is 25.9. The minimum absolute atomic E-state index is 0.00365. The lowest BCUT2D eigenvalue weighted by molar-refractivity contribution is -0.235. The van der Waals surface area contributed by atoms with Gasteiger partial charge in [-0.1, -0.05) is 62.3 Å². The van der Waals surface area contributed by atoms with Crippen molar-refractivity contribution in [2.45, 2.75) is 169 Å². The molecule has 7 fully saturated rings. The molecule has 6 saturated carbocycles. The molecule has 0 aromatic carbocycles. The maximum absolute atomic E-state index is 14.8. The molecule has 8 aliphatic rings. The third-order valence-electron chi connectivity index (χ3n) is 20.6. The quantitative estimate of drug-likeness (QED) is 0.182. The molecule has 386 valence electrons. The number of carboxylic acid groups (broad SMARTS) is 1. The van der Waals surface area contributed by atoms with Crippen LogP contribution in [0.5, 0.6) is 0 Å². The van der Waals surface area contributed by atoms with Gasteiger partial charge in [-0.15, -0.1) is 0 Å². The Bertz CT molecular complexity index is 2400. The van der Waals surface area contributed by atoms with Gasteiger partial charge in [-0.2, -0.15) is 23.0 Å². The number of Topliss-reactive ketones (excluding diaryl/α,β-unsaturated/α-hetero) is 1. The fourth-order valence-electron chi connectivity index (χ4n) is 16.1. The Morgan fingerprint density at radius 3 is 2.16 bits per heavy atom. The predicted molar refractivity (Wildman–Crippen MR) is 250 cm³/mol. The van der Waals surface area contributed by atoms with Gasteiger partial charge in [0.05, 0.1) is 30.6 Å². The van der Waals surface area contributed by atoms with E-state index in [-0.39, 0.29) is 89.5 Å². The number of halogens is 3. The average molecular weight is 982 g/mol. The number of ketones is 1. The molecule has 1 aliphatic heterocycles. The topological polar surface area (TPSA) is 186 Å². The van der Waals surface area contributed by atoms with Gasteiger partial charge in [0, 0.05) is 44.0 Å². The van der Waals surface area contributed by atoms with Gasteiger partial charge in [0.2, 0.25) is 11.8 Å². The lowest BCUT2D eigenvalue weighted by Gasteiger charge is -2.72. The summed E-state index contributed by atoms with van der Waals surface area (Å²) in [4.78, 5) is 84.1. The Hall–Kier alpha value is -4.12. The molecule has 70 heavy (non-hydrogen) atoms. The number of allylic oxidation sites excluding steroid dienone is 1. The summed E-state index contributed by atoms with van der Waals surface area (Å²) in [6, 6.07) is 0.560. The number of ether oxygens (including phenoxy) is 2. The zero-order valence-corrected chi connectivity index (χ0v) is 42.5. The largest absolute Gasteiger partial charge is 0.481 e. The molecule has 0 spiro atoms. The monoisotopic (exact) mass is 982 g/mol. The van der Waals surface area contributed by atoms with E-state index in [0.29, 0.717) is 55.8 Å². The van der Waals surface area contributed by atoms with Crippen LogP contribution < -0.4 is 10.6 Å². The molecule has 2 amide bonds. The second-order valence-corrected chi connectivity index (χ2v) is 25.0. The van der Waals surface area contributed by atoms with Crippen molar-refractivity contribution >= 4 is 35.4 Å². The van der Waals surface area contributed by atoms with Crippen LogP contribution in [0, 0.1) is 62.6 Å². The summed E-state index contributed by atoms with van der Waals surface area (Å²) in [6.07, 6.45) is 1.95. The lowest BCUT2D eigenvalue weighted by atomic mass is 9.33. The smallest absolute Gasteiger partial charge is 0.435 e. The van der Waals surface area contributed by atoms with E-state index in [4.69, 9.17) is 9.47 Å². The zero-order valence-electron chi connectivity index (χ0n) is 42.5. The number of nitrogens with one attached hydrogen (secondary N) is 2. The summed E-state index contributed by atoms with van der Waals surface area (Å²) in [6.45, 7) is 21.9. The Kier molecular flexibility index (Phi) is 12.3. The molecule has 17 heteroatoms. The molecule has 0 bridgehead atoms. The number of amides is 2. The second-order valence-electron chi connectivity index (χ2n) is 25.0. The van der Waals surface area contributed by atoms with E-state index >= 15 is 0 Å². The van der Waals surface area contributed by atoms with Crippen molar-refractivity contribution in [2.24, 2.45) is 62.6 Å². The van der Waals surface area contributed by atoms with Crippen molar-refractivity contribution in [1.82, 2.24) is 25.3 Å². The van der Waals surface area contributed by atoms with E-state index in [2.05, 4.69) is 50.4 Å². The van der Waals surface area contributed by atoms with Gasteiger partial charge < -0.3 is 25.2 Å². The van der Waals surface area contributed by atoms with Gasteiger partial charge in [-0.3, -0.25) is 33.7 Å². The molecule has 7 aliphatic carbocycles. The number of carbonyl (C=O) groups excluding carboxylic acids is 5. The number of nitrogens with zero attached hydrogens (tertiary/aromatic N) is 3. The summed E-state index contributed by atoms with van der Waals surface area (Å²) in [5.41, 5.74) is -4.10. The Morgan fingerprint density at radius 1 is 0.857 bits per heavy atom. The fourth-order valence-corrected chi connectivity index (χ4v) is 16.1. The van der Waals surface area contributed by atoms with E-state index in [1.807, 2.05) is 32.6 Å². The number of esters is 1. The summed E-state index contributed by atoms with van der Waals surface area (Å²) >= 11 is 0. The lowest BCUT2D eigenvalue weighted by Crippen LogP contribution is -2.68. The summed E-state index contributed by atoms with van der Waals surface area (Å²) < 4.78 is 54.3. The van der Waals surface area contributed by atoms with Crippen molar-refractivity contribution < 1.29 is 56.5 Å². The average Bonchev–Trinajstić information content (AvgIpc) is 3.78. The molecule has 0 unspecified atom stereocenters. The van der Waals surface area contributed by atoms with E-state index in [9.17, 15) is 47.0 Å². The standard InChI is InChI=1S/C53H74F3N5O9/c1-29(2)40-34(62)28-52(58-45(68)51(19-20-51)57-42(64)33-27-37(53(54,55)56)59-61(33)39(63)14-21-60-22-24-69-25-23-60)18-17-49(8)30(41(40)52)10-11-36-48(7)15-13-38(47(5,6)35(48)12-16-50(36,49)9)70-44(67)32-26-31(43(65)66)46(32,3)4/h27,29-32,35-36,38H,10-26,28H2,1-9H3,(H,57,64)(H,58,68)(H,65,66)/t30-,31+,32-,35+,36-,38+,48+,49-,50-,52-/m1/s1. The highest BCUT2D eigenvalue weighted by atomic mass is 19.4. The SMILES string of the molecule is CC(C)C1=C2[C@H]3CC[C@@H]4[C@@]5(C)CC[C@H](OC(=O)[C@H]6C[C@@H](C(=O)O)C6(C)C)C(C)(C)[C@@H]5CC[C@@]4(C)[C@]3(C)CC[C@@]2(NC(=O)C2(NC(=O)c3cc(C(F)(F)F)nn3C(=O)CCN3CCOCC3)CC2)CC1=O.